The van der Waals surface area contributed by atoms with Crippen LogP contribution in [-0.2, 0) is 4.74 Å². The predicted molar refractivity (Wildman–Crippen MR) is 67.8 cm³/mol. The second kappa shape index (κ2) is 4.56. The minimum absolute atomic E-state index is 0.153. The van der Waals surface area contributed by atoms with Crippen LogP contribution in [0.1, 0.15) is 6.23 Å². The Morgan fingerprint density at radius 3 is 2.85 bits per heavy atom. The van der Waals surface area contributed by atoms with Crippen LogP contribution < -0.4 is 11.3 Å². The summed E-state index contributed by atoms with van der Waals surface area (Å²) in [5.41, 5.74) is 5.55. The number of rotatable bonds is 2. The maximum absolute atomic E-state index is 12.3. The Morgan fingerprint density at radius 2 is 2.20 bits per heavy atom. The smallest absolute Gasteiger partial charge is 0.266 e. The highest BCUT2D eigenvalue weighted by Crippen LogP contribution is 2.29. The average Bonchev–Trinajstić information content (AvgIpc) is 2.98. The quantitative estimate of drug-likeness (QED) is 0.424. The first kappa shape index (κ1) is 13.1. The number of ether oxygens (including phenoxy) is 1. The van der Waals surface area contributed by atoms with E-state index in [1.165, 1.54) is 6.07 Å². The van der Waals surface area contributed by atoms with Gasteiger partial charge in [0.25, 0.3) is 5.56 Å². The fourth-order valence-corrected chi connectivity index (χ4v) is 2.37. The van der Waals surface area contributed by atoms with Gasteiger partial charge in [-0.05, 0) is 6.07 Å². The van der Waals surface area contributed by atoms with Crippen LogP contribution in [0.4, 0.5) is 5.95 Å². The molecule has 2 aromatic rings. The van der Waals surface area contributed by atoms with E-state index in [0.29, 0.717) is 5.65 Å². The third-order valence-corrected chi connectivity index (χ3v) is 3.42. The highest BCUT2D eigenvalue weighted by Gasteiger charge is 2.44. The lowest BCUT2D eigenvalue weighted by molar-refractivity contribution is -0.0534. The molecule has 2 aromatic heterocycles. The Hall–Kier alpha value is -1.94. The minimum Gasteiger partial charge on any atom is -0.394 e. The largest absolute Gasteiger partial charge is 0.394 e. The molecule has 0 bridgehead atoms. The summed E-state index contributed by atoms with van der Waals surface area (Å²) in [5, 5.41) is 29.0. The predicted octanol–water partition coefficient (Wildman–Crippen LogP) is -2.08. The molecular formula is C11H14N4O5. The van der Waals surface area contributed by atoms with E-state index in [1.807, 2.05) is 0 Å². The van der Waals surface area contributed by atoms with Gasteiger partial charge in [0.2, 0.25) is 5.95 Å². The first-order chi connectivity index (χ1) is 9.54. The van der Waals surface area contributed by atoms with Crippen molar-refractivity contribution in [1.29, 1.82) is 0 Å². The third-order valence-electron chi connectivity index (χ3n) is 3.42. The molecule has 108 valence electrons. The first-order valence-electron chi connectivity index (χ1n) is 6.02. The van der Waals surface area contributed by atoms with E-state index in [2.05, 4.69) is 9.97 Å². The maximum atomic E-state index is 12.3. The average molecular weight is 282 g/mol. The number of anilines is 1. The number of hydrogen-bond donors (Lipinski definition) is 5. The van der Waals surface area contributed by atoms with E-state index in [9.17, 15) is 15.0 Å². The number of aromatic nitrogens is 3. The van der Waals surface area contributed by atoms with Crippen LogP contribution >= 0.6 is 0 Å². The topological polar surface area (TPSA) is 147 Å². The number of nitrogens with zero attached hydrogens (tertiary/aromatic N) is 2. The van der Waals surface area contributed by atoms with Gasteiger partial charge in [0, 0.05) is 6.20 Å². The summed E-state index contributed by atoms with van der Waals surface area (Å²) >= 11 is 0. The van der Waals surface area contributed by atoms with E-state index in [-0.39, 0.29) is 11.3 Å². The molecule has 6 N–H and O–H groups in total. The minimum atomic E-state index is -1.38. The van der Waals surface area contributed by atoms with E-state index in [0.717, 1.165) is 4.57 Å². The van der Waals surface area contributed by atoms with Crippen molar-refractivity contribution in [2.24, 2.45) is 0 Å². The molecule has 1 aliphatic heterocycles. The van der Waals surface area contributed by atoms with Crippen LogP contribution in [-0.4, -0.2) is 54.8 Å². The molecule has 0 aliphatic carbocycles. The van der Waals surface area contributed by atoms with Crippen molar-refractivity contribution in [1.82, 2.24) is 14.5 Å². The van der Waals surface area contributed by atoms with Crippen molar-refractivity contribution in [3.05, 3.63) is 22.6 Å². The van der Waals surface area contributed by atoms with Crippen molar-refractivity contribution in [3.63, 3.8) is 0 Å². The molecule has 0 spiro atoms. The van der Waals surface area contributed by atoms with E-state index in [4.69, 9.17) is 15.6 Å². The van der Waals surface area contributed by atoms with E-state index >= 15 is 0 Å². The van der Waals surface area contributed by atoms with Gasteiger partial charge in [-0.15, -0.1) is 0 Å². The van der Waals surface area contributed by atoms with Crippen molar-refractivity contribution in [3.8, 4) is 0 Å². The summed E-state index contributed by atoms with van der Waals surface area (Å²) in [6.07, 6.45) is -3.33. The molecule has 1 aliphatic rings. The second-order valence-electron chi connectivity index (χ2n) is 4.61. The zero-order valence-corrected chi connectivity index (χ0v) is 10.3. The van der Waals surface area contributed by atoms with Gasteiger partial charge >= 0.3 is 0 Å². The Balaban J connectivity index is 2.13. The Kier molecular flexibility index (Phi) is 2.98. The Labute approximate surface area is 112 Å². The molecule has 4 atom stereocenters. The molecule has 1 saturated heterocycles. The number of nitrogens with two attached hydrogens (primary N) is 1. The molecule has 3 rings (SSSR count). The van der Waals surface area contributed by atoms with Crippen molar-refractivity contribution < 1.29 is 20.1 Å². The zero-order valence-electron chi connectivity index (χ0n) is 10.3. The van der Waals surface area contributed by atoms with Gasteiger partial charge in [-0.2, -0.15) is 4.98 Å². The van der Waals surface area contributed by atoms with Gasteiger partial charge in [0.1, 0.15) is 24.0 Å². The molecule has 0 amide bonds. The number of nitrogens with one attached hydrogen (secondary N) is 1. The lowest BCUT2D eigenvalue weighted by Gasteiger charge is -2.19. The molecule has 0 aromatic carbocycles. The second-order valence-corrected chi connectivity index (χ2v) is 4.61. The summed E-state index contributed by atoms with van der Waals surface area (Å²) in [6.45, 7) is -0.483. The van der Waals surface area contributed by atoms with Gasteiger partial charge < -0.3 is 30.8 Å². The number of aliphatic hydroxyl groups is 3. The van der Waals surface area contributed by atoms with Gasteiger partial charge in [-0.3, -0.25) is 4.79 Å². The first-order valence-corrected chi connectivity index (χ1v) is 6.02. The fourth-order valence-electron chi connectivity index (χ4n) is 2.37. The van der Waals surface area contributed by atoms with Gasteiger partial charge in [0.05, 0.1) is 12.0 Å². The molecule has 3 heterocycles. The van der Waals surface area contributed by atoms with Crippen LogP contribution in [0.15, 0.2) is 17.1 Å². The molecule has 20 heavy (non-hydrogen) atoms. The molecule has 9 nitrogen and oxygen atoms in total. The Morgan fingerprint density at radius 1 is 1.45 bits per heavy atom. The van der Waals surface area contributed by atoms with Gasteiger partial charge in [-0.25, -0.2) is 4.57 Å². The number of hydrogen-bond acceptors (Lipinski definition) is 7. The zero-order chi connectivity index (χ0) is 14.4. The summed E-state index contributed by atoms with van der Waals surface area (Å²) in [7, 11) is 0. The van der Waals surface area contributed by atoms with Crippen LogP contribution in [0.25, 0.3) is 11.0 Å². The standard InChI is InChI=1S/C11H14N4O5/c12-11-14-8-4(1-2-13-8)9(19)15(11)10-7(18)6(17)5(3-16)20-10/h1-2,5-7,10,13,16-18H,3H2,(H2,12,14)/t5-,6-,7+,10?/m1/s1. The number of nitrogen functional groups attached to an aromatic ring is 1. The van der Waals surface area contributed by atoms with Crippen LogP contribution in [0.2, 0.25) is 0 Å². The number of H-pyrrole nitrogens is 1. The molecule has 1 unspecified atom stereocenters. The molecular weight excluding hydrogens is 268 g/mol. The fraction of sp³-hybridized carbons (Fsp3) is 0.455. The number of aromatic amines is 1. The molecule has 1 fully saturated rings. The molecule has 0 saturated carbocycles. The van der Waals surface area contributed by atoms with E-state index in [1.54, 1.807) is 6.20 Å². The highest BCUT2D eigenvalue weighted by molar-refractivity contribution is 5.75. The summed E-state index contributed by atoms with van der Waals surface area (Å²) in [4.78, 5) is 19.1. The van der Waals surface area contributed by atoms with Crippen LogP contribution in [0.5, 0.6) is 0 Å². The number of fused-ring (bicyclic) bond motifs is 1. The Bertz CT molecular complexity index is 696. The summed E-state index contributed by atoms with van der Waals surface area (Å²) in [6, 6.07) is 1.53. The normalized spacial score (nSPS) is 30.1. The summed E-state index contributed by atoms with van der Waals surface area (Å²) in [5.74, 6) is -0.153. The number of aliphatic hydroxyl groups excluding tert-OH is 3. The summed E-state index contributed by atoms with van der Waals surface area (Å²) < 4.78 is 6.26. The van der Waals surface area contributed by atoms with Crippen molar-refractivity contribution in [2.45, 2.75) is 24.5 Å². The lowest BCUT2D eigenvalue weighted by Crippen LogP contribution is -2.36. The van der Waals surface area contributed by atoms with Crippen LogP contribution in [0, 0.1) is 0 Å². The molecule has 9 heteroatoms. The maximum Gasteiger partial charge on any atom is 0.266 e. The van der Waals surface area contributed by atoms with Gasteiger partial charge in [0.15, 0.2) is 6.23 Å². The highest BCUT2D eigenvalue weighted by atomic mass is 16.6. The lowest BCUT2D eigenvalue weighted by atomic mass is 10.1. The molecule has 0 radical (unpaired) electrons. The van der Waals surface area contributed by atoms with E-state index < -0.39 is 36.7 Å². The van der Waals surface area contributed by atoms with Gasteiger partial charge in [-0.1, -0.05) is 0 Å². The van der Waals surface area contributed by atoms with Crippen LogP contribution in [0.3, 0.4) is 0 Å². The third kappa shape index (κ3) is 1.72. The van der Waals surface area contributed by atoms with Crippen molar-refractivity contribution >= 4 is 17.0 Å². The van der Waals surface area contributed by atoms with Crippen molar-refractivity contribution in [2.75, 3.05) is 12.3 Å². The SMILES string of the molecule is Nc1nc2[nH]ccc2c(=O)n1C1O[C@H](CO)[C@@H](O)[C@@H]1O. The monoisotopic (exact) mass is 282 g/mol.